The zero-order chi connectivity index (χ0) is 20.2. The Balaban J connectivity index is 1.75. The van der Waals surface area contributed by atoms with Gasteiger partial charge in [0.2, 0.25) is 0 Å². The van der Waals surface area contributed by atoms with E-state index in [1.165, 1.54) is 16.7 Å². The number of aryl methyl sites for hydroxylation is 2. The summed E-state index contributed by atoms with van der Waals surface area (Å²) in [4.78, 5) is 32.6. The monoisotopic (exact) mass is 386 g/mol. The minimum absolute atomic E-state index is 0.0703. The molecule has 0 unspecified atom stereocenters. The van der Waals surface area contributed by atoms with Gasteiger partial charge in [-0.05, 0) is 55.7 Å². The van der Waals surface area contributed by atoms with Crippen LogP contribution in [-0.4, -0.2) is 19.5 Å². The number of aromatic nitrogens is 3. The van der Waals surface area contributed by atoms with Gasteiger partial charge in [-0.25, -0.2) is 4.98 Å². The molecular weight excluding hydrogens is 368 g/mol. The van der Waals surface area contributed by atoms with Crippen LogP contribution in [-0.2, 0) is 12.8 Å². The lowest BCUT2D eigenvalue weighted by Crippen LogP contribution is -2.23. The molecule has 0 saturated carbocycles. The molecule has 0 aliphatic rings. The van der Waals surface area contributed by atoms with Gasteiger partial charge < -0.3 is 0 Å². The normalized spacial score (nSPS) is 10.9. The average molecular weight is 386 g/mol. The molecule has 0 saturated heterocycles. The topological polar surface area (TPSA) is 90.9 Å². The molecule has 144 valence electrons. The van der Waals surface area contributed by atoms with Gasteiger partial charge in [0.05, 0.1) is 10.6 Å². The number of nitrogens with zero attached hydrogens (tertiary/aromatic N) is 4. The molecule has 7 heteroatoms. The van der Waals surface area contributed by atoms with E-state index in [4.69, 9.17) is 0 Å². The van der Waals surface area contributed by atoms with Crippen LogP contribution in [0.4, 0.5) is 5.69 Å². The van der Waals surface area contributed by atoms with Crippen molar-refractivity contribution in [2.45, 2.75) is 19.3 Å². The molecule has 4 aromatic rings. The van der Waals surface area contributed by atoms with Crippen molar-refractivity contribution in [2.75, 3.05) is 0 Å². The Labute approximate surface area is 166 Å². The van der Waals surface area contributed by atoms with Gasteiger partial charge in [0.15, 0.2) is 0 Å². The first-order valence-electron chi connectivity index (χ1n) is 9.28. The van der Waals surface area contributed by atoms with E-state index < -0.39 is 4.92 Å². The van der Waals surface area contributed by atoms with Gasteiger partial charge in [-0.1, -0.05) is 12.1 Å². The van der Waals surface area contributed by atoms with Crippen LogP contribution in [0.3, 0.4) is 0 Å². The van der Waals surface area contributed by atoms with E-state index in [-0.39, 0.29) is 11.2 Å². The molecule has 7 nitrogen and oxygen atoms in total. The fourth-order valence-corrected chi connectivity index (χ4v) is 3.37. The molecule has 29 heavy (non-hydrogen) atoms. The summed E-state index contributed by atoms with van der Waals surface area (Å²) in [6, 6.07) is 17.4. The van der Waals surface area contributed by atoms with E-state index in [0.29, 0.717) is 23.3 Å². The maximum atomic E-state index is 13.2. The maximum Gasteiger partial charge on any atom is 0.271 e. The van der Waals surface area contributed by atoms with Crippen molar-refractivity contribution in [2.24, 2.45) is 0 Å². The molecule has 0 bridgehead atoms. The Morgan fingerprint density at radius 2 is 1.79 bits per heavy atom. The van der Waals surface area contributed by atoms with Crippen LogP contribution < -0.4 is 5.56 Å². The second kappa shape index (κ2) is 8.02. The lowest BCUT2D eigenvalue weighted by molar-refractivity contribution is -0.384. The van der Waals surface area contributed by atoms with Gasteiger partial charge in [0.1, 0.15) is 5.65 Å². The Bertz CT molecular complexity index is 1240. The highest BCUT2D eigenvalue weighted by molar-refractivity contribution is 5.77. The highest BCUT2D eigenvalue weighted by Gasteiger charge is 2.14. The molecule has 3 aromatic heterocycles. The standard InChI is InChI=1S/C22H18N4O3/c27-22-17(6-3-9-18-8-1-2-12-23-18)14-16-7-5-13-24-21(16)25(22)19-10-4-11-20(15-19)26(28)29/h1-2,4-5,7-8,10-15H,3,6,9H2. The molecule has 0 aliphatic heterocycles. The number of non-ortho nitro benzene ring substituents is 1. The summed E-state index contributed by atoms with van der Waals surface area (Å²) in [5.41, 5.74) is 2.25. The van der Waals surface area contributed by atoms with Crippen LogP contribution in [0.5, 0.6) is 0 Å². The summed E-state index contributed by atoms with van der Waals surface area (Å²) in [5.74, 6) is 0. The lowest BCUT2D eigenvalue weighted by Gasteiger charge is -2.12. The van der Waals surface area contributed by atoms with E-state index in [1.54, 1.807) is 24.5 Å². The third-order valence-electron chi connectivity index (χ3n) is 4.74. The fourth-order valence-electron chi connectivity index (χ4n) is 3.37. The quantitative estimate of drug-likeness (QED) is 0.371. The van der Waals surface area contributed by atoms with E-state index in [9.17, 15) is 14.9 Å². The molecule has 4 rings (SSSR count). The van der Waals surface area contributed by atoms with E-state index in [0.717, 1.165) is 23.9 Å². The van der Waals surface area contributed by atoms with Crippen LogP contribution >= 0.6 is 0 Å². The van der Waals surface area contributed by atoms with E-state index in [1.807, 2.05) is 36.4 Å². The first-order valence-corrected chi connectivity index (χ1v) is 9.28. The minimum Gasteiger partial charge on any atom is -0.269 e. The predicted molar refractivity (Wildman–Crippen MR) is 110 cm³/mol. The van der Waals surface area contributed by atoms with Crippen molar-refractivity contribution in [3.63, 3.8) is 0 Å². The number of benzene rings is 1. The summed E-state index contributed by atoms with van der Waals surface area (Å²) < 4.78 is 1.46. The molecule has 0 aliphatic carbocycles. The van der Waals surface area contributed by atoms with Crippen LogP contribution in [0.2, 0.25) is 0 Å². The first-order chi connectivity index (χ1) is 14.1. The zero-order valence-electron chi connectivity index (χ0n) is 15.6. The van der Waals surface area contributed by atoms with Gasteiger partial charge in [-0.2, -0.15) is 0 Å². The van der Waals surface area contributed by atoms with Crippen LogP contribution in [0.1, 0.15) is 17.7 Å². The van der Waals surface area contributed by atoms with Crippen LogP contribution in [0.15, 0.2) is 77.9 Å². The molecule has 0 atom stereocenters. The molecule has 0 amide bonds. The third-order valence-corrected chi connectivity index (χ3v) is 4.74. The highest BCUT2D eigenvalue weighted by atomic mass is 16.6. The summed E-state index contributed by atoms with van der Waals surface area (Å²) in [6.45, 7) is 0. The molecular formula is C22H18N4O3. The smallest absolute Gasteiger partial charge is 0.269 e. The van der Waals surface area contributed by atoms with Gasteiger partial charge in [0, 0.05) is 41.2 Å². The summed E-state index contributed by atoms with van der Waals surface area (Å²) in [6.07, 6.45) is 5.48. The Hall–Kier alpha value is -3.87. The Morgan fingerprint density at radius 3 is 2.59 bits per heavy atom. The molecule has 0 spiro atoms. The van der Waals surface area contributed by atoms with Gasteiger partial charge in [-0.3, -0.25) is 24.5 Å². The number of nitro groups is 1. The Morgan fingerprint density at radius 1 is 0.931 bits per heavy atom. The zero-order valence-corrected chi connectivity index (χ0v) is 15.6. The van der Waals surface area contributed by atoms with Gasteiger partial charge in [0.25, 0.3) is 11.2 Å². The van der Waals surface area contributed by atoms with Crippen molar-refractivity contribution in [1.82, 2.24) is 14.5 Å². The van der Waals surface area contributed by atoms with Crippen LogP contribution in [0.25, 0.3) is 16.7 Å². The Kier molecular flexibility index (Phi) is 5.11. The predicted octanol–water partition coefficient (Wildman–Crippen LogP) is 3.86. The number of rotatable bonds is 6. The fraction of sp³-hybridized carbons (Fsp3) is 0.136. The van der Waals surface area contributed by atoms with E-state index in [2.05, 4.69) is 9.97 Å². The summed E-state index contributed by atoms with van der Waals surface area (Å²) in [5, 5.41) is 12.0. The highest BCUT2D eigenvalue weighted by Crippen LogP contribution is 2.20. The molecule has 0 fully saturated rings. The number of hydrogen-bond donors (Lipinski definition) is 0. The minimum atomic E-state index is -0.471. The lowest BCUT2D eigenvalue weighted by atomic mass is 10.1. The summed E-state index contributed by atoms with van der Waals surface area (Å²) >= 11 is 0. The number of fused-ring (bicyclic) bond motifs is 1. The van der Waals surface area contributed by atoms with Crippen molar-refractivity contribution in [3.05, 3.63) is 105 Å². The van der Waals surface area contributed by atoms with E-state index >= 15 is 0 Å². The number of hydrogen-bond acceptors (Lipinski definition) is 5. The van der Waals surface area contributed by atoms with Gasteiger partial charge in [-0.15, -0.1) is 0 Å². The second-order valence-electron chi connectivity index (χ2n) is 6.68. The number of nitro benzene ring substituents is 1. The number of pyridine rings is 3. The first kappa shape index (κ1) is 18.5. The van der Waals surface area contributed by atoms with Crippen molar-refractivity contribution in [1.29, 1.82) is 0 Å². The van der Waals surface area contributed by atoms with Crippen LogP contribution in [0, 0.1) is 10.1 Å². The average Bonchev–Trinajstić information content (AvgIpc) is 2.75. The van der Waals surface area contributed by atoms with Crippen molar-refractivity contribution >= 4 is 16.7 Å². The maximum absolute atomic E-state index is 13.2. The molecule has 3 heterocycles. The van der Waals surface area contributed by atoms with Gasteiger partial charge >= 0.3 is 0 Å². The molecule has 1 aromatic carbocycles. The summed E-state index contributed by atoms with van der Waals surface area (Å²) in [7, 11) is 0. The molecule has 0 radical (unpaired) electrons. The largest absolute Gasteiger partial charge is 0.271 e. The second-order valence-corrected chi connectivity index (χ2v) is 6.68. The molecule has 0 N–H and O–H groups in total. The van der Waals surface area contributed by atoms with Crippen molar-refractivity contribution < 1.29 is 4.92 Å². The third kappa shape index (κ3) is 3.89. The van der Waals surface area contributed by atoms with Crippen molar-refractivity contribution in [3.8, 4) is 5.69 Å². The SMILES string of the molecule is O=c1c(CCCc2ccccn2)cc2cccnc2n1-c1cccc([N+](=O)[O-])c1.